The molecule has 0 saturated carbocycles. The topological polar surface area (TPSA) is 46.2 Å². The highest BCUT2D eigenvalue weighted by molar-refractivity contribution is 4.53. The molecule has 0 aromatic rings. The number of rotatable bonds is 7. The molecule has 0 aliphatic heterocycles. The van der Waals surface area contributed by atoms with Crippen molar-refractivity contribution in [3.63, 3.8) is 0 Å². The van der Waals surface area contributed by atoms with Gasteiger partial charge in [-0.2, -0.15) is 0 Å². The summed E-state index contributed by atoms with van der Waals surface area (Å²) >= 11 is 0. The zero-order valence-corrected chi connectivity index (χ0v) is 7.55. The maximum absolute atomic E-state index is 8.49. The highest BCUT2D eigenvalue weighted by Crippen LogP contribution is 2.05. The summed E-state index contributed by atoms with van der Waals surface area (Å²) in [5, 5.41) is 8.49. The summed E-state index contributed by atoms with van der Waals surface area (Å²) in [4.78, 5) is 0. The van der Waals surface area contributed by atoms with Gasteiger partial charge >= 0.3 is 0 Å². The molecule has 0 rings (SSSR count). The van der Waals surface area contributed by atoms with Crippen molar-refractivity contribution >= 4 is 0 Å². The van der Waals surface area contributed by atoms with Crippen molar-refractivity contribution in [2.75, 3.05) is 6.61 Å². The van der Waals surface area contributed by atoms with E-state index in [9.17, 15) is 0 Å². The quantitative estimate of drug-likeness (QED) is 0.555. The molecule has 0 amide bonds. The number of hydrogen-bond acceptors (Lipinski definition) is 2. The normalized spacial score (nSPS) is 13.4. The first-order valence-electron chi connectivity index (χ1n) is 4.64. The van der Waals surface area contributed by atoms with Crippen LogP contribution >= 0.6 is 0 Å². The third-order valence-electron chi connectivity index (χ3n) is 1.82. The van der Waals surface area contributed by atoms with Crippen molar-refractivity contribution in [2.45, 2.75) is 51.5 Å². The Bertz CT molecular complexity index is 74.0. The van der Waals surface area contributed by atoms with Crippen LogP contribution in [-0.4, -0.2) is 17.8 Å². The van der Waals surface area contributed by atoms with Gasteiger partial charge in [0.15, 0.2) is 0 Å². The lowest BCUT2D eigenvalue weighted by molar-refractivity contribution is 0.282. The van der Waals surface area contributed by atoms with Crippen molar-refractivity contribution in [3.8, 4) is 0 Å². The van der Waals surface area contributed by atoms with Gasteiger partial charge in [-0.3, -0.25) is 0 Å². The summed E-state index contributed by atoms with van der Waals surface area (Å²) in [6.07, 6.45) is 7.00. The fourth-order valence-electron chi connectivity index (χ4n) is 1.11. The minimum absolute atomic E-state index is 0.341. The van der Waals surface area contributed by atoms with Crippen LogP contribution in [0.2, 0.25) is 0 Å². The fraction of sp³-hybridized carbons (Fsp3) is 1.00. The molecule has 2 nitrogen and oxygen atoms in total. The number of hydrogen-bond donors (Lipinski definition) is 2. The average molecular weight is 159 g/mol. The molecule has 68 valence electrons. The first-order valence-corrected chi connectivity index (χ1v) is 4.64. The Kier molecular flexibility index (Phi) is 7.96. The summed E-state index contributed by atoms with van der Waals surface area (Å²) in [6.45, 7) is 2.39. The van der Waals surface area contributed by atoms with E-state index in [0.29, 0.717) is 12.6 Å². The second-order valence-corrected chi connectivity index (χ2v) is 3.26. The van der Waals surface area contributed by atoms with E-state index in [1.54, 1.807) is 0 Å². The predicted molar refractivity (Wildman–Crippen MR) is 48.4 cm³/mol. The van der Waals surface area contributed by atoms with Crippen molar-refractivity contribution in [2.24, 2.45) is 5.73 Å². The zero-order valence-electron chi connectivity index (χ0n) is 7.55. The maximum Gasteiger partial charge on any atom is 0.0431 e. The molecule has 1 unspecified atom stereocenters. The summed E-state index contributed by atoms with van der Waals surface area (Å²) in [5.74, 6) is 0. The van der Waals surface area contributed by atoms with Gasteiger partial charge in [0, 0.05) is 12.6 Å². The van der Waals surface area contributed by atoms with Crippen molar-refractivity contribution in [3.05, 3.63) is 0 Å². The monoisotopic (exact) mass is 159 g/mol. The fourth-order valence-corrected chi connectivity index (χ4v) is 1.11. The molecule has 3 N–H and O–H groups in total. The molecule has 1 atom stereocenters. The van der Waals surface area contributed by atoms with Gasteiger partial charge in [-0.25, -0.2) is 0 Å². The minimum Gasteiger partial charge on any atom is -0.396 e. The van der Waals surface area contributed by atoms with Gasteiger partial charge in [0.2, 0.25) is 0 Å². The van der Waals surface area contributed by atoms with Crippen LogP contribution in [0.4, 0.5) is 0 Å². The van der Waals surface area contributed by atoms with E-state index in [2.05, 4.69) is 0 Å². The Morgan fingerprint density at radius 1 is 1.09 bits per heavy atom. The van der Waals surface area contributed by atoms with E-state index in [-0.39, 0.29) is 0 Å². The van der Waals surface area contributed by atoms with Gasteiger partial charge in [-0.1, -0.05) is 25.7 Å². The summed E-state index contributed by atoms with van der Waals surface area (Å²) in [7, 11) is 0. The van der Waals surface area contributed by atoms with Crippen molar-refractivity contribution < 1.29 is 5.11 Å². The van der Waals surface area contributed by atoms with Crippen molar-refractivity contribution in [1.82, 2.24) is 0 Å². The number of nitrogens with two attached hydrogens (primary N) is 1. The lowest BCUT2D eigenvalue weighted by Gasteiger charge is -2.03. The number of aliphatic hydroxyl groups is 1. The van der Waals surface area contributed by atoms with E-state index in [1.165, 1.54) is 19.3 Å². The molecule has 0 aliphatic carbocycles. The molecule has 0 aliphatic rings. The highest BCUT2D eigenvalue weighted by Gasteiger charge is 1.93. The minimum atomic E-state index is 0.341. The Hall–Kier alpha value is -0.0800. The molecule has 0 heterocycles. The van der Waals surface area contributed by atoms with Crippen LogP contribution in [0.15, 0.2) is 0 Å². The molecule has 2 heteroatoms. The maximum atomic E-state index is 8.49. The Balaban J connectivity index is 2.80. The average Bonchev–Trinajstić information content (AvgIpc) is 1.96. The standard InChI is InChI=1S/C9H21NO/c1-9(10)7-5-3-2-4-6-8-11/h9,11H,2-8,10H2,1H3. The number of unbranched alkanes of at least 4 members (excludes halogenated alkanes) is 4. The second kappa shape index (κ2) is 8.02. The summed E-state index contributed by atoms with van der Waals surface area (Å²) < 4.78 is 0. The second-order valence-electron chi connectivity index (χ2n) is 3.26. The van der Waals surface area contributed by atoms with E-state index in [0.717, 1.165) is 19.3 Å². The molecule has 0 saturated heterocycles. The molecular formula is C9H21NO. The largest absolute Gasteiger partial charge is 0.396 e. The van der Waals surface area contributed by atoms with Gasteiger partial charge < -0.3 is 10.8 Å². The van der Waals surface area contributed by atoms with E-state index in [1.807, 2.05) is 6.92 Å². The SMILES string of the molecule is CC(N)CCCCCCCO. The van der Waals surface area contributed by atoms with Crippen LogP contribution in [0.3, 0.4) is 0 Å². The van der Waals surface area contributed by atoms with Crippen LogP contribution in [0.1, 0.15) is 45.4 Å². The van der Waals surface area contributed by atoms with Gasteiger partial charge in [-0.15, -0.1) is 0 Å². The molecule has 0 radical (unpaired) electrons. The molecule has 0 bridgehead atoms. The summed E-state index contributed by atoms with van der Waals surface area (Å²) in [6, 6.07) is 0.354. The molecule has 11 heavy (non-hydrogen) atoms. The predicted octanol–water partition coefficient (Wildman–Crippen LogP) is 1.67. The van der Waals surface area contributed by atoms with Gasteiger partial charge in [-0.05, 0) is 19.8 Å². The van der Waals surface area contributed by atoms with Crippen LogP contribution in [0.5, 0.6) is 0 Å². The Morgan fingerprint density at radius 2 is 1.64 bits per heavy atom. The summed E-state index contributed by atoms with van der Waals surface area (Å²) in [5.41, 5.74) is 5.59. The molecule has 0 fully saturated rings. The smallest absolute Gasteiger partial charge is 0.0431 e. The molecule has 0 spiro atoms. The highest BCUT2D eigenvalue weighted by atomic mass is 16.2. The molecular weight excluding hydrogens is 138 g/mol. The Labute approximate surface area is 69.8 Å². The third kappa shape index (κ3) is 9.92. The lowest BCUT2D eigenvalue weighted by atomic mass is 10.1. The lowest BCUT2D eigenvalue weighted by Crippen LogP contribution is -2.13. The van der Waals surface area contributed by atoms with Crippen LogP contribution in [-0.2, 0) is 0 Å². The van der Waals surface area contributed by atoms with Gasteiger partial charge in [0.05, 0.1) is 0 Å². The first kappa shape index (κ1) is 10.9. The van der Waals surface area contributed by atoms with E-state index >= 15 is 0 Å². The van der Waals surface area contributed by atoms with Crippen molar-refractivity contribution in [1.29, 1.82) is 0 Å². The molecule has 0 aromatic heterocycles. The van der Waals surface area contributed by atoms with Crippen LogP contribution < -0.4 is 5.73 Å². The first-order chi connectivity index (χ1) is 5.27. The molecule has 0 aromatic carbocycles. The van der Waals surface area contributed by atoms with E-state index < -0.39 is 0 Å². The third-order valence-corrected chi connectivity index (χ3v) is 1.82. The van der Waals surface area contributed by atoms with Gasteiger partial charge in [0.1, 0.15) is 0 Å². The number of aliphatic hydroxyl groups excluding tert-OH is 1. The van der Waals surface area contributed by atoms with Gasteiger partial charge in [0.25, 0.3) is 0 Å². The zero-order chi connectivity index (χ0) is 8.53. The Morgan fingerprint density at radius 3 is 2.18 bits per heavy atom. The van der Waals surface area contributed by atoms with Crippen LogP contribution in [0.25, 0.3) is 0 Å². The van der Waals surface area contributed by atoms with Crippen LogP contribution in [0, 0.1) is 0 Å². The van der Waals surface area contributed by atoms with E-state index in [4.69, 9.17) is 10.8 Å².